The van der Waals surface area contributed by atoms with Crippen molar-refractivity contribution in [2.75, 3.05) is 19.6 Å². The molecule has 2 rings (SSSR count). The highest BCUT2D eigenvalue weighted by molar-refractivity contribution is 6.18. The second-order valence-corrected chi connectivity index (χ2v) is 4.83. The first-order valence-corrected chi connectivity index (χ1v) is 6.64. The third kappa shape index (κ3) is 3.21. The van der Waals surface area contributed by atoms with Gasteiger partial charge in [0.2, 0.25) is 0 Å². The second-order valence-electron chi connectivity index (χ2n) is 4.52. The number of halogens is 1. The Hall–Kier alpha value is -0.570. The van der Waals surface area contributed by atoms with Crippen molar-refractivity contribution in [2.24, 2.45) is 5.92 Å². The van der Waals surface area contributed by atoms with Gasteiger partial charge in [0.05, 0.1) is 12.7 Å². The maximum absolute atomic E-state index is 6.01. The second kappa shape index (κ2) is 6.39. The van der Waals surface area contributed by atoms with Gasteiger partial charge in [0.25, 0.3) is 0 Å². The maximum Gasteiger partial charge on any atom is 0.0864 e. The molecule has 1 aliphatic heterocycles. The molecular weight excluding hydrogens is 236 g/mol. The zero-order valence-corrected chi connectivity index (χ0v) is 11.0. The maximum atomic E-state index is 6.01. The summed E-state index contributed by atoms with van der Waals surface area (Å²) in [5.74, 6) is 1.11. The molecule has 0 aliphatic carbocycles. The van der Waals surface area contributed by atoms with E-state index < -0.39 is 0 Å². The van der Waals surface area contributed by atoms with Gasteiger partial charge in [-0.05, 0) is 24.0 Å². The molecule has 17 heavy (non-hydrogen) atoms. The van der Waals surface area contributed by atoms with Gasteiger partial charge in [0.15, 0.2) is 0 Å². The molecule has 1 fully saturated rings. The molecule has 2 atom stereocenters. The van der Waals surface area contributed by atoms with Crippen molar-refractivity contribution in [3.05, 3.63) is 35.4 Å². The molecule has 0 spiro atoms. The molecule has 2 unspecified atom stereocenters. The lowest BCUT2D eigenvalue weighted by molar-refractivity contribution is -0.0208. The number of alkyl halides is 1. The molecule has 1 aliphatic rings. The lowest BCUT2D eigenvalue weighted by Crippen LogP contribution is -2.23. The molecule has 3 heteroatoms. The van der Waals surface area contributed by atoms with Gasteiger partial charge in [-0.15, -0.1) is 11.6 Å². The fourth-order valence-corrected chi connectivity index (χ4v) is 2.66. The SMILES string of the molecule is COCc1ccc(C2OCCCC2CCl)cc1. The average Bonchev–Trinajstić information content (AvgIpc) is 2.40. The highest BCUT2D eigenvalue weighted by atomic mass is 35.5. The number of hydrogen-bond donors (Lipinski definition) is 0. The molecule has 0 bridgehead atoms. The van der Waals surface area contributed by atoms with Crippen molar-refractivity contribution in [1.29, 1.82) is 0 Å². The van der Waals surface area contributed by atoms with Crippen molar-refractivity contribution >= 4 is 11.6 Å². The molecule has 1 aromatic rings. The fraction of sp³-hybridized carbons (Fsp3) is 0.571. The number of benzene rings is 1. The summed E-state index contributed by atoms with van der Waals surface area (Å²) in [4.78, 5) is 0. The van der Waals surface area contributed by atoms with E-state index in [1.54, 1.807) is 7.11 Å². The number of hydrogen-bond acceptors (Lipinski definition) is 2. The Morgan fingerprint density at radius 2 is 2.12 bits per heavy atom. The van der Waals surface area contributed by atoms with Gasteiger partial charge in [0.1, 0.15) is 0 Å². The quantitative estimate of drug-likeness (QED) is 0.766. The largest absolute Gasteiger partial charge is 0.380 e. The first-order valence-electron chi connectivity index (χ1n) is 6.10. The van der Waals surface area contributed by atoms with E-state index >= 15 is 0 Å². The Balaban J connectivity index is 2.09. The van der Waals surface area contributed by atoms with Crippen LogP contribution in [0.2, 0.25) is 0 Å². The first kappa shape index (κ1) is 12.9. The minimum absolute atomic E-state index is 0.165. The Kier molecular flexibility index (Phi) is 4.84. The predicted octanol–water partition coefficient (Wildman–Crippen LogP) is 3.54. The van der Waals surface area contributed by atoms with Crippen LogP contribution in [0, 0.1) is 5.92 Å². The Bertz CT molecular complexity index is 337. The van der Waals surface area contributed by atoms with Crippen LogP contribution in [0.15, 0.2) is 24.3 Å². The zero-order valence-electron chi connectivity index (χ0n) is 10.2. The van der Waals surface area contributed by atoms with Gasteiger partial charge in [-0.25, -0.2) is 0 Å². The van der Waals surface area contributed by atoms with Crippen LogP contribution in [-0.4, -0.2) is 19.6 Å². The van der Waals surface area contributed by atoms with Gasteiger partial charge in [0, 0.05) is 25.5 Å². The lowest BCUT2D eigenvalue weighted by Gasteiger charge is -2.30. The summed E-state index contributed by atoms with van der Waals surface area (Å²) in [6.45, 7) is 1.50. The van der Waals surface area contributed by atoms with Crippen LogP contribution in [0.5, 0.6) is 0 Å². The number of rotatable bonds is 4. The van der Waals surface area contributed by atoms with E-state index in [0.29, 0.717) is 18.4 Å². The van der Waals surface area contributed by atoms with Crippen LogP contribution in [0.3, 0.4) is 0 Å². The minimum atomic E-state index is 0.165. The van der Waals surface area contributed by atoms with Crippen LogP contribution in [0.25, 0.3) is 0 Å². The van der Waals surface area contributed by atoms with Crippen LogP contribution >= 0.6 is 11.6 Å². The third-order valence-corrected chi connectivity index (χ3v) is 3.66. The average molecular weight is 255 g/mol. The standard InChI is InChI=1S/C14H19ClO2/c1-16-10-11-4-6-12(7-5-11)14-13(9-15)3-2-8-17-14/h4-7,13-14H,2-3,8-10H2,1H3. The molecule has 0 N–H and O–H groups in total. The van der Waals surface area contributed by atoms with Gasteiger partial charge >= 0.3 is 0 Å². The summed E-state index contributed by atoms with van der Waals surface area (Å²) >= 11 is 6.01. The van der Waals surface area contributed by atoms with E-state index in [1.165, 1.54) is 11.1 Å². The van der Waals surface area contributed by atoms with Gasteiger partial charge in [-0.2, -0.15) is 0 Å². The van der Waals surface area contributed by atoms with Crippen LogP contribution in [0.1, 0.15) is 30.1 Å². The van der Waals surface area contributed by atoms with E-state index in [2.05, 4.69) is 24.3 Å². The van der Waals surface area contributed by atoms with E-state index in [9.17, 15) is 0 Å². The normalized spacial score (nSPS) is 24.8. The third-order valence-electron chi connectivity index (χ3n) is 3.26. The van der Waals surface area contributed by atoms with E-state index in [-0.39, 0.29) is 6.10 Å². The molecule has 1 saturated heterocycles. The molecule has 1 aromatic carbocycles. The Labute approximate surface area is 108 Å². The minimum Gasteiger partial charge on any atom is -0.380 e. The highest BCUT2D eigenvalue weighted by Crippen LogP contribution is 2.34. The summed E-state index contributed by atoms with van der Waals surface area (Å²) < 4.78 is 11.0. The first-order chi connectivity index (χ1) is 8.35. The molecule has 0 saturated carbocycles. The number of methoxy groups -OCH3 is 1. The zero-order chi connectivity index (χ0) is 12.1. The predicted molar refractivity (Wildman–Crippen MR) is 69.3 cm³/mol. The van der Waals surface area contributed by atoms with E-state index in [4.69, 9.17) is 21.1 Å². The molecular formula is C14H19ClO2. The van der Waals surface area contributed by atoms with Crippen molar-refractivity contribution < 1.29 is 9.47 Å². The summed E-state index contributed by atoms with van der Waals surface area (Å²) in [5, 5.41) is 0. The molecule has 0 radical (unpaired) electrons. The summed E-state index contributed by atoms with van der Waals surface area (Å²) in [7, 11) is 1.71. The fourth-order valence-electron chi connectivity index (χ4n) is 2.34. The van der Waals surface area contributed by atoms with Crippen molar-refractivity contribution in [3.8, 4) is 0 Å². The summed E-state index contributed by atoms with van der Waals surface area (Å²) in [5.41, 5.74) is 2.42. The monoisotopic (exact) mass is 254 g/mol. The van der Waals surface area contributed by atoms with Gasteiger partial charge < -0.3 is 9.47 Å². The van der Waals surface area contributed by atoms with Crippen LogP contribution < -0.4 is 0 Å². The van der Waals surface area contributed by atoms with Crippen molar-refractivity contribution in [1.82, 2.24) is 0 Å². The van der Waals surface area contributed by atoms with Crippen LogP contribution in [-0.2, 0) is 16.1 Å². The molecule has 94 valence electrons. The Morgan fingerprint density at radius 1 is 1.35 bits per heavy atom. The van der Waals surface area contributed by atoms with Crippen molar-refractivity contribution in [3.63, 3.8) is 0 Å². The molecule has 2 nitrogen and oxygen atoms in total. The number of ether oxygens (including phenoxy) is 2. The lowest BCUT2D eigenvalue weighted by atomic mass is 9.90. The molecule has 0 aromatic heterocycles. The Morgan fingerprint density at radius 3 is 2.76 bits per heavy atom. The molecule has 0 amide bonds. The topological polar surface area (TPSA) is 18.5 Å². The van der Waals surface area contributed by atoms with E-state index in [1.807, 2.05) is 0 Å². The highest BCUT2D eigenvalue weighted by Gasteiger charge is 2.26. The van der Waals surface area contributed by atoms with E-state index in [0.717, 1.165) is 19.4 Å². The summed E-state index contributed by atoms with van der Waals surface area (Å²) in [6, 6.07) is 8.46. The van der Waals surface area contributed by atoms with Crippen molar-refractivity contribution in [2.45, 2.75) is 25.6 Å². The smallest absolute Gasteiger partial charge is 0.0864 e. The van der Waals surface area contributed by atoms with Gasteiger partial charge in [-0.3, -0.25) is 0 Å². The molecule has 1 heterocycles. The van der Waals surface area contributed by atoms with Gasteiger partial charge in [-0.1, -0.05) is 24.3 Å². The van der Waals surface area contributed by atoms with Crippen LogP contribution in [0.4, 0.5) is 0 Å². The summed E-state index contributed by atoms with van der Waals surface area (Å²) in [6.07, 6.45) is 2.45.